The molecule has 0 aromatic carbocycles. The van der Waals surface area contributed by atoms with Gasteiger partial charge in [0.05, 0.1) is 6.61 Å². The Kier molecular flexibility index (Phi) is 25.7. The van der Waals surface area contributed by atoms with Crippen molar-refractivity contribution in [3.8, 4) is 0 Å². The largest absolute Gasteiger partial charge is 0.466 e. The van der Waals surface area contributed by atoms with Crippen molar-refractivity contribution in [3.05, 3.63) is 24.3 Å². The molecule has 200 valence electrons. The summed E-state index contributed by atoms with van der Waals surface area (Å²) >= 11 is 0. The molecule has 0 fully saturated rings. The Balaban J connectivity index is 3.52. The zero-order valence-corrected chi connectivity index (χ0v) is 23.5. The van der Waals surface area contributed by atoms with E-state index in [1.54, 1.807) is 0 Å². The molecular weight excluding hydrogens is 418 g/mol. The van der Waals surface area contributed by atoms with Crippen molar-refractivity contribution in [2.75, 3.05) is 20.7 Å². The molecule has 0 aromatic heterocycles. The number of rotatable bonds is 25. The molecule has 0 aliphatic carbocycles. The van der Waals surface area contributed by atoms with E-state index in [-0.39, 0.29) is 5.97 Å². The summed E-state index contributed by atoms with van der Waals surface area (Å²) in [5, 5.41) is 0. The van der Waals surface area contributed by atoms with Gasteiger partial charge < -0.3 is 9.64 Å². The van der Waals surface area contributed by atoms with E-state index >= 15 is 0 Å². The fourth-order valence-corrected chi connectivity index (χ4v) is 4.44. The first-order chi connectivity index (χ1) is 16.6. The summed E-state index contributed by atoms with van der Waals surface area (Å²) in [6.07, 6.45) is 34.5. The zero-order valence-electron chi connectivity index (χ0n) is 23.5. The Morgan fingerprint density at radius 3 is 1.71 bits per heavy atom. The van der Waals surface area contributed by atoms with Crippen LogP contribution in [0.2, 0.25) is 0 Å². The van der Waals surface area contributed by atoms with E-state index in [2.05, 4.69) is 50.2 Å². The maximum atomic E-state index is 11.4. The number of hydrogen-bond donors (Lipinski definition) is 0. The molecule has 0 bridgehead atoms. The lowest BCUT2D eigenvalue weighted by Gasteiger charge is -2.24. The molecule has 3 heteroatoms. The van der Waals surface area contributed by atoms with Crippen LogP contribution in [0.3, 0.4) is 0 Å². The molecular formula is C31H59NO2. The lowest BCUT2D eigenvalue weighted by atomic mass is 9.99. The fraction of sp³-hybridized carbons (Fsp3) is 0.839. The van der Waals surface area contributed by atoms with Crippen LogP contribution < -0.4 is 0 Å². The highest BCUT2D eigenvalue weighted by Gasteiger charge is 2.10. The third kappa shape index (κ3) is 24.0. The van der Waals surface area contributed by atoms with Crippen LogP contribution in [0.5, 0.6) is 0 Å². The lowest BCUT2D eigenvalue weighted by molar-refractivity contribution is -0.143. The summed E-state index contributed by atoms with van der Waals surface area (Å²) in [6.45, 7) is 4.63. The summed E-state index contributed by atoms with van der Waals surface area (Å²) in [4.78, 5) is 13.8. The second kappa shape index (κ2) is 26.5. The van der Waals surface area contributed by atoms with Crippen LogP contribution >= 0.6 is 0 Å². The van der Waals surface area contributed by atoms with E-state index in [0.29, 0.717) is 19.1 Å². The maximum Gasteiger partial charge on any atom is 0.305 e. The van der Waals surface area contributed by atoms with Crippen LogP contribution in [0.15, 0.2) is 24.3 Å². The highest BCUT2D eigenvalue weighted by molar-refractivity contribution is 5.69. The van der Waals surface area contributed by atoms with Gasteiger partial charge >= 0.3 is 5.97 Å². The molecule has 1 unspecified atom stereocenters. The molecule has 1 atom stereocenters. The summed E-state index contributed by atoms with van der Waals surface area (Å²) in [6, 6.07) is 0.711. The normalized spacial score (nSPS) is 12.9. The van der Waals surface area contributed by atoms with Crippen molar-refractivity contribution in [3.63, 3.8) is 0 Å². The first kappa shape index (κ1) is 32.9. The summed E-state index contributed by atoms with van der Waals surface area (Å²) in [5.41, 5.74) is 0. The Hall–Kier alpha value is -1.09. The predicted octanol–water partition coefficient (Wildman–Crippen LogP) is 9.41. The van der Waals surface area contributed by atoms with Crippen molar-refractivity contribution in [2.45, 2.75) is 148 Å². The monoisotopic (exact) mass is 477 g/mol. The van der Waals surface area contributed by atoms with E-state index in [4.69, 9.17) is 4.74 Å². The quantitative estimate of drug-likeness (QED) is 0.0745. The summed E-state index contributed by atoms with van der Waals surface area (Å²) in [7, 11) is 4.45. The number of allylic oxidation sites excluding steroid dienone is 4. The summed E-state index contributed by atoms with van der Waals surface area (Å²) in [5.74, 6) is -0.0398. The molecule has 0 aliphatic heterocycles. The van der Waals surface area contributed by atoms with Gasteiger partial charge in [0, 0.05) is 12.5 Å². The molecule has 0 N–H and O–H groups in total. The number of carbonyl (C=O) groups is 1. The van der Waals surface area contributed by atoms with E-state index in [0.717, 1.165) is 19.3 Å². The average Bonchev–Trinajstić information content (AvgIpc) is 2.81. The van der Waals surface area contributed by atoms with Crippen LogP contribution in [0.25, 0.3) is 0 Å². The molecule has 0 aromatic rings. The van der Waals surface area contributed by atoms with Gasteiger partial charge in [0.25, 0.3) is 0 Å². The number of hydrogen-bond acceptors (Lipinski definition) is 3. The zero-order chi connectivity index (χ0) is 25.1. The van der Waals surface area contributed by atoms with Gasteiger partial charge in [-0.3, -0.25) is 4.79 Å². The Morgan fingerprint density at radius 2 is 1.18 bits per heavy atom. The van der Waals surface area contributed by atoms with E-state index < -0.39 is 0 Å². The van der Waals surface area contributed by atoms with E-state index in [1.807, 2.05) is 6.92 Å². The predicted molar refractivity (Wildman–Crippen MR) is 150 cm³/mol. The maximum absolute atomic E-state index is 11.4. The van der Waals surface area contributed by atoms with Gasteiger partial charge in [0.1, 0.15) is 0 Å². The average molecular weight is 478 g/mol. The van der Waals surface area contributed by atoms with E-state index in [1.165, 1.54) is 103 Å². The van der Waals surface area contributed by atoms with Crippen LogP contribution in [0, 0.1) is 0 Å². The van der Waals surface area contributed by atoms with Crippen molar-refractivity contribution in [1.29, 1.82) is 0 Å². The Morgan fingerprint density at radius 1 is 0.676 bits per heavy atom. The van der Waals surface area contributed by atoms with Gasteiger partial charge in [-0.15, -0.1) is 0 Å². The first-order valence-electron chi connectivity index (χ1n) is 14.7. The molecule has 3 nitrogen and oxygen atoms in total. The second-order valence-electron chi connectivity index (χ2n) is 10.1. The summed E-state index contributed by atoms with van der Waals surface area (Å²) < 4.78 is 4.99. The van der Waals surface area contributed by atoms with Crippen LogP contribution in [-0.2, 0) is 9.53 Å². The molecule has 0 spiro atoms. The third-order valence-corrected chi connectivity index (χ3v) is 6.69. The highest BCUT2D eigenvalue weighted by atomic mass is 16.5. The number of esters is 1. The fourth-order valence-electron chi connectivity index (χ4n) is 4.44. The minimum absolute atomic E-state index is 0.0398. The van der Waals surface area contributed by atoms with Gasteiger partial charge in [-0.1, -0.05) is 102 Å². The highest BCUT2D eigenvalue weighted by Crippen LogP contribution is 2.17. The van der Waals surface area contributed by atoms with Gasteiger partial charge in [-0.25, -0.2) is 0 Å². The van der Waals surface area contributed by atoms with Gasteiger partial charge in [-0.05, 0) is 72.4 Å². The minimum atomic E-state index is -0.0398. The second-order valence-corrected chi connectivity index (χ2v) is 10.1. The molecule has 0 rings (SSSR count). The Labute approximate surface area is 213 Å². The van der Waals surface area contributed by atoms with Crippen molar-refractivity contribution in [2.24, 2.45) is 0 Å². The van der Waals surface area contributed by atoms with Crippen molar-refractivity contribution >= 4 is 5.97 Å². The molecule has 0 radical (unpaired) electrons. The van der Waals surface area contributed by atoms with Gasteiger partial charge in [0.15, 0.2) is 0 Å². The van der Waals surface area contributed by atoms with Crippen molar-refractivity contribution in [1.82, 2.24) is 4.90 Å². The number of nitrogens with zero attached hydrogens (tertiary/aromatic N) is 1. The minimum Gasteiger partial charge on any atom is -0.466 e. The topological polar surface area (TPSA) is 29.5 Å². The molecule has 0 amide bonds. The van der Waals surface area contributed by atoms with Crippen LogP contribution in [-0.4, -0.2) is 37.6 Å². The van der Waals surface area contributed by atoms with Crippen molar-refractivity contribution < 1.29 is 9.53 Å². The number of unbranched alkanes of at least 4 members (excludes halogenated alkanes) is 13. The molecule has 0 heterocycles. The van der Waals surface area contributed by atoms with Crippen LogP contribution in [0.1, 0.15) is 142 Å². The van der Waals surface area contributed by atoms with E-state index in [9.17, 15) is 4.79 Å². The first-order valence-corrected chi connectivity index (χ1v) is 14.7. The van der Waals surface area contributed by atoms with Crippen LogP contribution in [0.4, 0.5) is 0 Å². The molecule has 0 saturated heterocycles. The number of carbonyl (C=O) groups excluding carboxylic acids is 1. The third-order valence-electron chi connectivity index (χ3n) is 6.69. The Bertz CT molecular complexity index is 484. The SMILES string of the molecule is CCCCC/C=C\C/C=C\CCCCCCCCCC(CCCCCCC(=O)OCC)N(C)C. The molecule has 0 aliphatic rings. The smallest absolute Gasteiger partial charge is 0.305 e. The molecule has 0 saturated carbocycles. The van der Waals surface area contributed by atoms with Gasteiger partial charge in [0.2, 0.25) is 0 Å². The molecule has 34 heavy (non-hydrogen) atoms. The standard InChI is InChI=1S/C31H59NO2/c1-5-7-8-9-10-11-12-13-14-15-16-17-18-19-20-21-24-27-30(32(3)4)28-25-22-23-26-29-31(33)34-6-2/h10-11,13-14,30H,5-9,12,15-29H2,1-4H3/b11-10-,14-13-. The lowest BCUT2D eigenvalue weighted by Crippen LogP contribution is -2.27. The number of ether oxygens (including phenoxy) is 1. The van der Waals surface area contributed by atoms with Gasteiger partial charge in [-0.2, -0.15) is 0 Å².